The summed E-state index contributed by atoms with van der Waals surface area (Å²) < 4.78 is 2.06. The van der Waals surface area contributed by atoms with Gasteiger partial charge in [0.1, 0.15) is 0 Å². The normalized spacial score (nSPS) is 11.0. The maximum atomic E-state index is 12.2. The number of hydrogen-bond acceptors (Lipinski definition) is 2. The van der Waals surface area contributed by atoms with Crippen LogP contribution in [0.15, 0.2) is 45.7 Å². The molecule has 0 saturated carbocycles. The topological polar surface area (TPSA) is 75.1 Å². The van der Waals surface area contributed by atoms with Crippen molar-refractivity contribution in [1.82, 2.24) is 9.55 Å². The van der Waals surface area contributed by atoms with E-state index in [1.807, 2.05) is 0 Å². The van der Waals surface area contributed by atoms with E-state index in [4.69, 9.17) is 11.6 Å². The molecule has 0 aliphatic carbocycles. The van der Waals surface area contributed by atoms with Gasteiger partial charge in [0.25, 0.3) is 0 Å². The fraction of sp³-hybridized carbons (Fsp3) is 0. The number of nitrogens with zero attached hydrogens (tertiary/aromatic N) is 1. The van der Waals surface area contributed by atoms with E-state index in [0.29, 0.717) is 20.7 Å². The van der Waals surface area contributed by atoms with Gasteiger partial charge < -0.3 is 10.1 Å². The quantitative estimate of drug-likeness (QED) is 0.728. The van der Waals surface area contributed by atoms with Crippen molar-refractivity contribution in [3.8, 4) is 5.69 Å². The number of H-pyrrole nitrogens is 1. The average Bonchev–Trinajstić information content (AvgIpc) is 2.77. The number of aromatic amines is 1. The van der Waals surface area contributed by atoms with Crippen LogP contribution in [0.25, 0.3) is 16.7 Å². The smallest absolute Gasteiger partial charge is 0.337 e. The van der Waals surface area contributed by atoms with E-state index < -0.39 is 11.7 Å². The number of hydrogen-bond donors (Lipinski definition) is 2. The fourth-order valence-corrected chi connectivity index (χ4v) is 2.79. The number of nitrogens with one attached hydrogen (secondary N) is 1. The van der Waals surface area contributed by atoms with Gasteiger partial charge in [-0.25, -0.2) is 9.59 Å². The van der Waals surface area contributed by atoms with Crippen LogP contribution in [0, 0.1) is 0 Å². The number of fused-ring (bicyclic) bond motifs is 1. The molecule has 0 bridgehead atoms. The Morgan fingerprint density at radius 1 is 1.29 bits per heavy atom. The van der Waals surface area contributed by atoms with Gasteiger partial charge in [-0.2, -0.15) is 0 Å². The van der Waals surface area contributed by atoms with Crippen LogP contribution in [0.5, 0.6) is 0 Å². The number of rotatable bonds is 2. The molecule has 0 radical (unpaired) electrons. The van der Waals surface area contributed by atoms with Crippen molar-refractivity contribution in [2.75, 3.05) is 0 Å². The number of aromatic nitrogens is 2. The summed E-state index contributed by atoms with van der Waals surface area (Å²) >= 11 is 9.35. The molecule has 2 aromatic carbocycles. The van der Waals surface area contributed by atoms with Crippen molar-refractivity contribution in [2.24, 2.45) is 0 Å². The van der Waals surface area contributed by atoms with Crippen molar-refractivity contribution >= 4 is 44.5 Å². The highest BCUT2D eigenvalue weighted by Gasteiger charge is 2.16. The van der Waals surface area contributed by atoms with E-state index in [9.17, 15) is 14.7 Å². The molecule has 21 heavy (non-hydrogen) atoms. The predicted octanol–water partition coefficient (Wildman–Crippen LogP) is 3.43. The molecule has 7 heteroatoms. The first kappa shape index (κ1) is 13.9. The Balaban J connectivity index is 2.42. The third-order valence-electron chi connectivity index (χ3n) is 3.10. The molecule has 106 valence electrons. The maximum absolute atomic E-state index is 12.2. The van der Waals surface area contributed by atoms with Gasteiger partial charge in [-0.15, -0.1) is 0 Å². The molecule has 0 amide bonds. The highest BCUT2D eigenvalue weighted by atomic mass is 79.9. The minimum Gasteiger partial charge on any atom is -0.478 e. The molecule has 3 rings (SSSR count). The van der Waals surface area contributed by atoms with Gasteiger partial charge in [-0.1, -0.05) is 17.7 Å². The van der Waals surface area contributed by atoms with Gasteiger partial charge in [-0.05, 0) is 46.3 Å². The van der Waals surface area contributed by atoms with Crippen molar-refractivity contribution in [2.45, 2.75) is 0 Å². The Labute approximate surface area is 131 Å². The van der Waals surface area contributed by atoms with Crippen LogP contribution < -0.4 is 5.69 Å². The summed E-state index contributed by atoms with van der Waals surface area (Å²) in [7, 11) is 0. The highest BCUT2D eigenvalue weighted by Crippen LogP contribution is 2.27. The number of aromatic carboxylic acids is 1. The summed E-state index contributed by atoms with van der Waals surface area (Å²) in [5.41, 5.74) is 0.911. The molecule has 1 aromatic heterocycles. The van der Waals surface area contributed by atoms with Crippen molar-refractivity contribution in [1.29, 1.82) is 0 Å². The first-order valence-corrected chi connectivity index (χ1v) is 7.08. The van der Waals surface area contributed by atoms with E-state index >= 15 is 0 Å². The van der Waals surface area contributed by atoms with Crippen molar-refractivity contribution in [3.05, 3.63) is 61.9 Å². The van der Waals surface area contributed by atoms with Crippen LogP contribution >= 0.6 is 27.5 Å². The summed E-state index contributed by atoms with van der Waals surface area (Å²) in [6.45, 7) is 0. The molecule has 0 atom stereocenters. The zero-order valence-electron chi connectivity index (χ0n) is 10.4. The molecule has 0 spiro atoms. The predicted molar refractivity (Wildman–Crippen MR) is 83.6 cm³/mol. The number of halogens is 2. The van der Waals surface area contributed by atoms with Gasteiger partial charge >= 0.3 is 11.7 Å². The Morgan fingerprint density at radius 3 is 2.76 bits per heavy atom. The zero-order chi connectivity index (χ0) is 15.1. The first-order valence-electron chi connectivity index (χ1n) is 5.91. The summed E-state index contributed by atoms with van der Waals surface area (Å²) in [4.78, 5) is 26.0. The standard InChI is InChI=1S/C14H8BrClN2O3/c15-9-5-4-7(16)6-11(9)18-10-3-1-2-8(13(19)20)12(10)17-14(18)21/h1-6H,(H,17,21)(H,19,20). The number of carbonyl (C=O) groups is 1. The Bertz CT molecular complexity index is 930. The molecular formula is C14H8BrClN2O3. The van der Waals surface area contributed by atoms with Crippen LogP contribution in [0.4, 0.5) is 0 Å². The minimum atomic E-state index is -1.10. The van der Waals surface area contributed by atoms with E-state index in [1.165, 1.54) is 10.6 Å². The molecule has 3 aromatic rings. The van der Waals surface area contributed by atoms with Crippen LogP contribution in [0.2, 0.25) is 5.02 Å². The van der Waals surface area contributed by atoms with Crippen LogP contribution in [0.3, 0.4) is 0 Å². The second kappa shape index (κ2) is 5.05. The van der Waals surface area contributed by atoms with E-state index in [1.54, 1.807) is 30.3 Å². The van der Waals surface area contributed by atoms with Gasteiger partial charge in [0.05, 0.1) is 22.3 Å². The minimum absolute atomic E-state index is 0.0431. The maximum Gasteiger partial charge on any atom is 0.337 e. The second-order valence-corrected chi connectivity index (χ2v) is 5.66. The second-order valence-electron chi connectivity index (χ2n) is 4.37. The summed E-state index contributed by atoms with van der Waals surface area (Å²) in [6.07, 6.45) is 0. The highest BCUT2D eigenvalue weighted by molar-refractivity contribution is 9.10. The van der Waals surface area contributed by atoms with E-state index in [-0.39, 0.29) is 11.1 Å². The Hall–Kier alpha value is -2.05. The number of para-hydroxylation sites is 1. The average molecular weight is 368 g/mol. The molecule has 0 saturated heterocycles. The third kappa shape index (κ3) is 2.26. The zero-order valence-corrected chi connectivity index (χ0v) is 12.8. The van der Waals surface area contributed by atoms with Crippen LogP contribution in [-0.2, 0) is 0 Å². The molecule has 1 heterocycles. The van der Waals surface area contributed by atoms with Crippen LogP contribution in [0.1, 0.15) is 10.4 Å². The summed E-state index contributed by atoms with van der Waals surface area (Å²) in [6, 6.07) is 9.76. The molecule has 5 nitrogen and oxygen atoms in total. The summed E-state index contributed by atoms with van der Waals surface area (Å²) in [5, 5.41) is 9.67. The lowest BCUT2D eigenvalue weighted by Gasteiger charge is -2.07. The Kier molecular flexibility index (Phi) is 3.35. The monoisotopic (exact) mass is 366 g/mol. The SMILES string of the molecule is O=C(O)c1cccc2c1[nH]c(=O)n2-c1cc(Cl)ccc1Br. The number of imidazole rings is 1. The third-order valence-corrected chi connectivity index (χ3v) is 4.00. The van der Waals surface area contributed by atoms with Gasteiger partial charge in [0.15, 0.2) is 0 Å². The lowest BCUT2D eigenvalue weighted by atomic mass is 10.2. The molecule has 0 aliphatic rings. The van der Waals surface area contributed by atoms with E-state index in [2.05, 4.69) is 20.9 Å². The van der Waals surface area contributed by atoms with E-state index in [0.717, 1.165) is 0 Å². The molecule has 0 unspecified atom stereocenters. The first-order chi connectivity index (χ1) is 9.99. The van der Waals surface area contributed by atoms with Crippen molar-refractivity contribution < 1.29 is 9.90 Å². The Morgan fingerprint density at radius 2 is 2.05 bits per heavy atom. The van der Waals surface area contributed by atoms with Gasteiger partial charge in [0, 0.05) is 9.50 Å². The number of carboxylic acids is 1. The molecule has 0 aliphatic heterocycles. The molecular weight excluding hydrogens is 360 g/mol. The van der Waals surface area contributed by atoms with Gasteiger partial charge in [-0.3, -0.25) is 4.57 Å². The number of benzene rings is 2. The fourth-order valence-electron chi connectivity index (χ4n) is 2.20. The lowest BCUT2D eigenvalue weighted by molar-refractivity contribution is 0.0699. The molecule has 0 fully saturated rings. The summed E-state index contributed by atoms with van der Waals surface area (Å²) in [5.74, 6) is -1.10. The molecule has 2 N–H and O–H groups in total. The van der Waals surface area contributed by atoms with Gasteiger partial charge in [0.2, 0.25) is 0 Å². The number of carboxylic acid groups (broad SMARTS) is 1. The largest absolute Gasteiger partial charge is 0.478 e. The van der Waals surface area contributed by atoms with Crippen molar-refractivity contribution in [3.63, 3.8) is 0 Å². The van der Waals surface area contributed by atoms with Crippen LogP contribution in [-0.4, -0.2) is 20.6 Å². The lowest BCUT2D eigenvalue weighted by Crippen LogP contribution is -2.15.